The van der Waals surface area contributed by atoms with Crippen molar-refractivity contribution < 1.29 is 23.5 Å². The van der Waals surface area contributed by atoms with Gasteiger partial charge in [0.15, 0.2) is 6.61 Å². The predicted molar refractivity (Wildman–Crippen MR) is 68.7 cm³/mol. The molecule has 1 aliphatic rings. The van der Waals surface area contributed by atoms with E-state index in [4.69, 9.17) is 9.47 Å². The average molecular weight is 281 g/mol. The fourth-order valence-electron chi connectivity index (χ4n) is 1.92. The molecule has 2 rings (SSSR count). The van der Waals surface area contributed by atoms with E-state index in [1.165, 1.54) is 18.2 Å². The molecule has 1 fully saturated rings. The van der Waals surface area contributed by atoms with Crippen LogP contribution in [0.2, 0.25) is 0 Å². The van der Waals surface area contributed by atoms with Crippen molar-refractivity contribution in [1.82, 2.24) is 5.32 Å². The fraction of sp³-hybridized carbons (Fsp3) is 0.429. The first-order valence-corrected chi connectivity index (χ1v) is 6.47. The Balaban J connectivity index is 1.72. The number of esters is 1. The second kappa shape index (κ2) is 7.00. The third-order valence-electron chi connectivity index (χ3n) is 2.98. The van der Waals surface area contributed by atoms with Gasteiger partial charge < -0.3 is 14.8 Å². The van der Waals surface area contributed by atoms with Gasteiger partial charge in [0.1, 0.15) is 5.82 Å². The Morgan fingerprint density at radius 3 is 2.90 bits per heavy atom. The summed E-state index contributed by atoms with van der Waals surface area (Å²) in [5.74, 6) is -1.95. The van der Waals surface area contributed by atoms with E-state index >= 15 is 0 Å². The summed E-state index contributed by atoms with van der Waals surface area (Å²) in [5, 5.41) is 2.61. The maximum absolute atomic E-state index is 13.3. The summed E-state index contributed by atoms with van der Waals surface area (Å²) in [7, 11) is 0. The van der Waals surface area contributed by atoms with Crippen LogP contribution in [0.15, 0.2) is 24.3 Å². The number of ether oxygens (including phenoxy) is 2. The van der Waals surface area contributed by atoms with Gasteiger partial charge in [0, 0.05) is 13.2 Å². The molecule has 1 atom stereocenters. The summed E-state index contributed by atoms with van der Waals surface area (Å²) in [6.07, 6.45) is 1.93. The lowest BCUT2D eigenvalue weighted by Crippen LogP contribution is -2.34. The zero-order chi connectivity index (χ0) is 14.4. The summed E-state index contributed by atoms with van der Waals surface area (Å²) in [6, 6.07) is 5.47. The highest BCUT2D eigenvalue weighted by molar-refractivity contribution is 5.91. The van der Waals surface area contributed by atoms with Gasteiger partial charge in [-0.25, -0.2) is 9.18 Å². The van der Waals surface area contributed by atoms with Crippen molar-refractivity contribution in [2.24, 2.45) is 0 Å². The van der Waals surface area contributed by atoms with Gasteiger partial charge in [0.05, 0.1) is 11.7 Å². The van der Waals surface area contributed by atoms with Gasteiger partial charge in [-0.05, 0) is 25.0 Å². The Hall–Kier alpha value is -1.95. The molecule has 1 aromatic carbocycles. The molecule has 1 aromatic rings. The van der Waals surface area contributed by atoms with Crippen molar-refractivity contribution in [2.75, 3.05) is 19.8 Å². The molecule has 0 bridgehead atoms. The lowest BCUT2D eigenvalue weighted by Gasteiger charge is -2.11. The van der Waals surface area contributed by atoms with Crippen molar-refractivity contribution >= 4 is 11.9 Å². The van der Waals surface area contributed by atoms with Crippen LogP contribution in [-0.4, -0.2) is 37.7 Å². The highest BCUT2D eigenvalue weighted by atomic mass is 19.1. The van der Waals surface area contributed by atoms with Gasteiger partial charge in [-0.3, -0.25) is 4.79 Å². The largest absolute Gasteiger partial charge is 0.452 e. The van der Waals surface area contributed by atoms with Crippen molar-refractivity contribution in [3.8, 4) is 0 Å². The molecule has 1 amide bonds. The Labute approximate surface area is 116 Å². The molecule has 108 valence electrons. The molecule has 0 aliphatic carbocycles. The van der Waals surface area contributed by atoms with Gasteiger partial charge in [0.2, 0.25) is 0 Å². The lowest BCUT2D eigenvalue weighted by molar-refractivity contribution is -0.124. The van der Waals surface area contributed by atoms with Crippen LogP contribution in [0.5, 0.6) is 0 Å². The van der Waals surface area contributed by atoms with E-state index in [9.17, 15) is 14.0 Å². The molecule has 0 radical (unpaired) electrons. The maximum Gasteiger partial charge on any atom is 0.341 e. The van der Waals surface area contributed by atoms with E-state index in [-0.39, 0.29) is 11.7 Å². The monoisotopic (exact) mass is 281 g/mol. The highest BCUT2D eigenvalue weighted by Gasteiger charge is 2.17. The van der Waals surface area contributed by atoms with Gasteiger partial charge in [-0.15, -0.1) is 0 Å². The van der Waals surface area contributed by atoms with Gasteiger partial charge in [-0.2, -0.15) is 0 Å². The Morgan fingerprint density at radius 1 is 1.40 bits per heavy atom. The van der Waals surface area contributed by atoms with E-state index in [1.807, 2.05) is 0 Å². The summed E-state index contributed by atoms with van der Waals surface area (Å²) in [5.41, 5.74) is -0.181. The van der Waals surface area contributed by atoms with E-state index in [0.717, 1.165) is 18.9 Å². The van der Waals surface area contributed by atoms with Crippen molar-refractivity contribution in [2.45, 2.75) is 18.9 Å². The molecule has 0 spiro atoms. The zero-order valence-electron chi connectivity index (χ0n) is 10.9. The van der Waals surface area contributed by atoms with Crippen LogP contribution in [0.1, 0.15) is 23.2 Å². The van der Waals surface area contributed by atoms with Crippen molar-refractivity contribution in [1.29, 1.82) is 0 Å². The van der Waals surface area contributed by atoms with Gasteiger partial charge >= 0.3 is 5.97 Å². The SMILES string of the molecule is O=C(COC(=O)c1ccccc1F)NC[C@@H]1CCCO1. The molecular formula is C14H16FNO4. The number of nitrogens with one attached hydrogen (secondary N) is 1. The number of halogens is 1. The van der Waals surface area contributed by atoms with Crippen LogP contribution in [0.4, 0.5) is 4.39 Å². The minimum absolute atomic E-state index is 0.0289. The van der Waals surface area contributed by atoms with Crippen molar-refractivity contribution in [3.63, 3.8) is 0 Å². The molecule has 0 saturated carbocycles. The van der Waals surface area contributed by atoms with Crippen LogP contribution in [0, 0.1) is 5.82 Å². The number of hydrogen-bond acceptors (Lipinski definition) is 4. The quantitative estimate of drug-likeness (QED) is 0.826. The minimum Gasteiger partial charge on any atom is -0.452 e. The van der Waals surface area contributed by atoms with Crippen LogP contribution < -0.4 is 5.32 Å². The number of carbonyl (C=O) groups excluding carboxylic acids is 2. The van der Waals surface area contributed by atoms with Gasteiger partial charge in [-0.1, -0.05) is 12.1 Å². The number of hydrogen-bond donors (Lipinski definition) is 1. The second-order valence-corrected chi connectivity index (χ2v) is 4.50. The number of amides is 1. The molecular weight excluding hydrogens is 265 g/mol. The first-order valence-electron chi connectivity index (χ1n) is 6.47. The van der Waals surface area contributed by atoms with Crippen molar-refractivity contribution in [3.05, 3.63) is 35.6 Å². The number of benzene rings is 1. The van der Waals surface area contributed by atoms with Gasteiger partial charge in [0.25, 0.3) is 5.91 Å². The van der Waals surface area contributed by atoms with Crippen LogP contribution in [-0.2, 0) is 14.3 Å². The molecule has 1 N–H and O–H groups in total. The highest BCUT2D eigenvalue weighted by Crippen LogP contribution is 2.10. The third kappa shape index (κ3) is 4.03. The molecule has 0 aromatic heterocycles. The van der Waals surface area contributed by atoms with E-state index < -0.39 is 24.3 Å². The summed E-state index contributed by atoms with van der Waals surface area (Å²) in [6.45, 7) is 0.679. The molecule has 0 unspecified atom stereocenters. The average Bonchev–Trinajstić information content (AvgIpc) is 2.96. The molecule has 1 saturated heterocycles. The first kappa shape index (κ1) is 14.5. The van der Waals surface area contributed by atoms with E-state index in [1.54, 1.807) is 0 Å². The molecule has 5 nitrogen and oxygen atoms in total. The number of rotatable bonds is 5. The standard InChI is InChI=1S/C14H16FNO4/c15-12-6-2-1-5-11(12)14(18)20-9-13(17)16-8-10-4-3-7-19-10/h1-2,5-6,10H,3-4,7-9H2,(H,16,17)/t10-/m0/s1. The Morgan fingerprint density at radius 2 is 2.20 bits per heavy atom. The Bertz CT molecular complexity index is 486. The van der Waals surface area contributed by atoms with Crippen LogP contribution in [0.3, 0.4) is 0 Å². The smallest absolute Gasteiger partial charge is 0.341 e. The second-order valence-electron chi connectivity index (χ2n) is 4.50. The molecule has 6 heteroatoms. The van der Waals surface area contributed by atoms with E-state index in [2.05, 4.69) is 5.32 Å². The number of carbonyl (C=O) groups is 2. The predicted octanol–water partition coefficient (Wildman–Crippen LogP) is 1.28. The summed E-state index contributed by atoms with van der Waals surface area (Å²) < 4.78 is 23.4. The fourth-order valence-corrected chi connectivity index (χ4v) is 1.92. The topological polar surface area (TPSA) is 64.6 Å². The van der Waals surface area contributed by atoms with Crippen LogP contribution >= 0.6 is 0 Å². The molecule has 20 heavy (non-hydrogen) atoms. The Kier molecular flexibility index (Phi) is 5.06. The summed E-state index contributed by atoms with van der Waals surface area (Å²) in [4.78, 5) is 23.0. The lowest BCUT2D eigenvalue weighted by atomic mass is 10.2. The third-order valence-corrected chi connectivity index (χ3v) is 2.98. The first-order chi connectivity index (χ1) is 9.66. The normalized spacial score (nSPS) is 17.8. The molecule has 1 heterocycles. The zero-order valence-corrected chi connectivity index (χ0v) is 10.9. The molecule has 1 aliphatic heterocycles. The maximum atomic E-state index is 13.3. The van der Waals surface area contributed by atoms with E-state index in [0.29, 0.717) is 13.2 Å². The minimum atomic E-state index is -0.852. The van der Waals surface area contributed by atoms with Crippen LogP contribution in [0.25, 0.3) is 0 Å². The summed E-state index contributed by atoms with van der Waals surface area (Å²) >= 11 is 0.